The van der Waals surface area contributed by atoms with E-state index in [0.717, 1.165) is 24.2 Å². The van der Waals surface area contributed by atoms with Crippen molar-refractivity contribution in [2.75, 3.05) is 13.7 Å². The van der Waals surface area contributed by atoms with E-state index in [4.69, 9.17) is 10.5 Å². The molecule has 0 saturated carbocycles. The summed E-state index contributed by atoms with van der Waals surface area (Å²) in [5.41, 5.74) is 6.41. The van der Waals surface area contributed by atoms with E-state index in [2.05, 4.69) is 0 Å². The normalized spacial score (nSPS) is 21.5. The zero-order chi connectivity index (χ0) is 16.1. The van der Waals surface area contributed by atoms with Crippen LogP contribution < -0.4 is 10.5 Å². The van der Waals surface area contributed by atoms with Crippen LogP contribution in [0.5, 0.6) is 5.75 Å². The molecule has 2 N–H and O–H groups in total. The van der Waals surface area contributed by atoms with Crippen LogP contribution in [0.4, 0.5) is 0 Å². The van der Waals surface area contributed by atoms with Gasteiger partial charge in [-0.2, -0.15) is 0 Å². The Morgan fingerprint density at radius 1 is 1.32 bits per heavy atom. The molecule has 1 aromatic carbocycles. The lowest BCUT2D eigenvalue weighted by molar-refractivity contribution is -0.137. The monoisotopic (exact) mass is 304 g/mol. The highest BCUT2D eigenvalue weighted by Crippen LogP contribution is 2.24. The van der Waals surface area contributed by atoms with Gasteiger partial charge in [0.25, 0.3) is 0 Å². The minimum Gasteiger partial charge on any atom is -0.496 e. The van der Waals surface area contributed by atoms with Crippen molar-refractivity contribution in [3.8, 4) is 5.75 Å². The highest BCUT2D eigenvalue weighted by Gasteiger charge is 2.31. The predicted octanol–water partition coefficient (Wildman–Crippen LogP) is 1.74. The maximum atomic E-state index is 12.5. The number of rotatable bonds is 5. The molecule has 1 saturated heterocycles. The average molecular weight is 304 g/mol. The Kier molecular flexibility index (Phi) is 5.41. The number of piperidine rings is 1. The molecule has 0 unspecified atom stereocenters. The van der Waals surface area contributed by atoms with Crippen molar-refractivity contribution in [3.05, 3.63) is 29.8 Å². The van der Waals surface area contributed by atoms with Crippen LogP contribution in [0.15, 0.2) is 24.3 Å². The van der Waals surface area contributed by atoms with Crippen LogP contribution in [0.2, 0.25) is 0 Å². The molecule has 2 atom stereocenters. The number of ether oxygens (including phenoxy) is 1. The van der Waals surface area contributed by atoms with Gasteiger partial charge in [0.1, 0.15) is 5.75 Å². The van der Waals surface area contributed by atoms with Gasteiger partial charge in [-0.3, -0.25) is 9.59 Å². The van der Waals surface area contributed by atoms with Crippen LogP contribution in [0.25, 0.3) is 0 Å². The number of hydrogen-bond donors (Lipinski definition) is 1. The molecular weight excluding hydrogens is 280 g/mol. The predicted molar refractivity (Wildman–Crippen MR) is 84.4 cm³/mol. The first-order chi connectivity index (χ1) is 10.5. The second-order valence-electron chi connectivity index (χ2n) is 5.88. The molecule has 1 aliphatic heterocycles. The Balaban J connectivity index is 1.97. The molecule has 1 heterocycles. The molecule has 2 rings (SSSR count). The number of benzene rings is 1. The zero-order valence-corrected chi connectivity index (χ0v) is 13.2. The summed E-state index contributed by atoms with van der Waals surface area (Å²) in [6.07, 6.45) is 2.64. The number of aryl methyl sites for hydroxylation is 1. The van der Waals surface area contributed by atoms with Gasteiger partial charge in [0.05, 0.1) is 13.0 Å². The maximum absolute atomic E-state index is 12.5. The van der Waals surface area contributed by atoms with Crippen LogP contribution in [0.1, 0.15) is 31.7 Å². The third-order valence-corrected chi connectivity index (χ3v) is 4.41. The van der Waals surface area contributed by atoms with Gasteiger partial charge in [0.15, 0.2) is 0 Å². The number of amides is 2. The smallest absolute Gasteiger partial charge is 0.223 e. The number of carbonyl (C=O) groups is 2. The lowest BCUT2D eigenvalue weighted by Crippen LogP contribution is -2.48. The molecule has 0 bridgehead atoms. The van der Waals surface area contributed by atoms with E-state index in [0.29, 0.717) is 19.4 Å². The molecule has 0 aliphatic carbocycles. The maximum Gasteiger partial charge on any atom is 0.223 e. The number of carbonyl (C=O) groups excluding carboxylic acids is 2. The minimum absolute atomic E-state index is 0.0735. The summed E-state index contributed by atoms with van der Waals surface area (Å²) >= 11 is 0. The molecule has 0 radical (unpaired) electrons. The van der Waals surface area contributed by atoms with E-state index in [1.807, 2.05) is 31.2 Å². The van der Waals surface area contributed by atoms with E-state index in [9.17, 15) is 9.59 Å². The van der Waals surface area contributed by atoms with Gasteiger partial charge < -0.3 is 15.4 Å². The van der Waals surface area contributed by atoms with Crippen LogP contribution in [-0.4, -0.2) is 36.4 Å². The van der Waals surface area contributed by atoms with Gasteiger partial charge >= 0.3 is 0 Å². The fraction of sp³-hybridized carbons (Fsp3) is 0.529. The molecular formula is C17H24N2O3. The van der Waals surface area contributed by atoms with Crippen molar-refractivity contribution < 1.29 is 14.3 Å². The summed E-state index contributed by atoms with van der Waals surface area (Å²) in [7, 11) is 1.63. The summed E-state index contributed by atoms with van der Waals surface area (Å²) < 4.78 is 5.31. The molecule has 22 heavy (non-hydrogen) atoms. The first-order valence-corrected chi connectivity index (χ1v) is 7.73. The number of likely N-dealkylation sites (tertiary alicyclic amines) is 1. The standard InChI is InChI=1S/C17H24N2O3/c1-12-7-8-14(17(18)21)11-19(12)16(20)10-9-13-5-3-4-6-15(13)22-2/h3-6,12,14H,7-11H2,1-2H3,(H2,18,21)/t12-,14-/m1/s1. The summed E-state index contributed by atoms with van der Waals surface area (Å²) in [5, 5.41) is 0. The fourth-order valence-electron chi connectivity index (χ4n) is 2.98. The number of methoxy groups -OCH3 is 1. The van der Waals surface area contributed by atoms with Crippen LogP contribution in [-0.2, 0) is 16.0 Å². The number of nitrogens with two attached hydrogens (primary N) is 1. The summed E-state index contributed by atoms with van der Waals surface area (Å²) in [5.74, 6) is 0.349. The third kappa shape index (κ3) is 3.78. The van der Waals surface area contributed by atoms with E-state index in [1.165, 1.54) is 0 Å². The van der Waals surface area contributed by atoms with Gasteiger partial charge in [-0.25, -0.2) is 0 Å². The fourth-order valence-corrected chi connectivity index (χ4v) is 2.98. The topological polar surface area (TPSA) is 72.6 Å². The number of hydrogen-bond acceptors (Lipinski definition) is 3. The Labute approximate surface area is 131 Å². The molecule has 5 nitrogen and oxygen atoms in total. The Hall–Kier alpha value is -2.04. The van der Waals surface area contributed by atoms with Gasteiger partial charge in [0.2, 0.25) is 11.8 Å². The van der Waals surface area contributed by atoms with Gasteiger partial charge in [-0.15, -0.1) is 0 Å². The molecule has 1 aliphatic rings. The Morgan fingerprint density at radius 2 is 2.05 bits per heavy atom. The quantitative estimate of drug-likeness (QED) is 0.900. The first-order valence-electron chi connectivity index (χ1n) is 7.73. The van der Waals surface area contributed by atoms with Gasteiger partial charge in [-0.1, -0.05) is 18.2 Å². The lowest BCUT2D eigenvalue weighted by atomic mass is 9.92. The van der Waals surface area contributed by atoms with Crippen LogP contribution >= 0.6 is 0 Å². The highest BCUT2D eigenvalue weighted by molar-refractivity contribution is 5.80. The average Bonchev–Trinajstić information content (AvgIpc) is 2.53. The SMILES string of the molecule is COc1ccccc1CCC(=O)N1C[C@H](C(N)=O)CC[C@H]1C. The summed E-state index contributed by atoms with van der Waals surface area (Å²) in [6, 6.07) is 7.88. The van der Waals surface area contributed by atoms with E-state index in [1.54, 1.807) is 12.0 Å². The van der Waals surface area contributed by atoms with Crippen molar-refractivity contribution in [1.82, 2.24) is 4.90 Å². The second kappa shape index (κ2) is 7.29. The first kappa shape index (κ1) is 16.3. The van der Waals surface area contributed by atoms with Crippen LogP contribution in [0.3, 0.4) is 0 Å². The second-order valence-corrected chi connectivity index (χ2v) is 5.88. The van der Waals surface area contributed by atoms with Gasteiger partial charge in [0, 0.05) is 19.0 Å². The Morgan fingerprint density at radius 3 is 2.73 bits per heavy atom. The number of para-hydroxylation sites is 1. The number of nitrogens with zero attached hydrogens (tertiary/aromatic N) is 1. The largest absolute Gasteiger partial charge is 0.496 e. The molecule has 0 spiro atoms. The highest BCUT2D eigenvalue weighted by atomic mass is 16.5. The van der Waals surface area contributed by atoms with Crippen molar-refractivity contribution in [1.29, 1.82) is 0 Å². The summed E-state index contributed by atoms with van der Waals surface area (Å²) in [4.78, 5) is 25.6. The van der Waals surface area contributed by atoms with Crippen molar-refractivity contribution in [3.63, 3.8) is 0 Å². The third-order valence-electron chi connectivity index (χ3n) is 4.41. The molecule has 120 valence electrons. The Bertz CT molecular complexity index is 544. The molecule has 1 aromatic rings. The molecule has 5 heteroatoms. The lowest BCUT2D eigenvalue weighted by Gasteiger charge is -2.37. The minimum atomic E-state index is -0.311. The van der Waals surface area contributed by atoms with Crippen molar-refractivity contribution in [2.24, 2.45) is 11.7 Å². The van der Waals surface area contributed by atoms with E-state index < -0.39 is 0 Å². The summed E-state index contributed by atoms with van der Waals surface area (Å²) in [6.45, 7) is 2.47. The zero-order valence-electron chi connectivity index (χ0n) is 13.2. The molecule has 2 amide bonds. The van der Waals surface area contributed by atoms with Crippen LogP contribution in [0, 0.1) is 5.92 Å². The van der Waals surface area contributed by atoms with Gasteiger partial charge in [-0.05, 0) is 37.8 Å². The van der Waals surface area contributed by atoms with E-state index in [-0.39, 0.29) is 23.8 Å². The molecule has 0 aromatic heterocycles. The van der Waals surface area contributed by atoms with E-state index >= 15 is 0 Å². The number of primary amides is 1. The van der Waals surface area contributed by atoms with Crippen molar-refractivity contribution in [2.45, 2.75) is 38.6 Å². The van der Waals surface area contributed by atoms with Crippen molar-refractivity contribution >= 4 is 11.8 Å². The molecule has 1 fully saturated rings.